The van der Waals surface area contributed by atoms with Gasteiger partial charge in [0.25, 0.3) is 0 Å². The number of benzene rings is 1. The van der Waals surface area contributed by atoms with Crippen LogP contribution in [0.4, 0.5) is 0 Å². The molecule has 2 fully saturated rings. The van der Waals surface area contributed by atoms with E-state index in [-0.39, 0.29) is 35.9 Å². The molecule has 3 heterocycles. The second-order valence-corrected chi connectivity index (χ2v) is 8.76. The summed E-state index contributed by atoms with van der Waals surface area (Å²) in [5, 5.41) is 1.32. The number of fused-ring (bicyclic) bond motifs is 6. The Hall–Kier alpha value is -2.34. The van der Waals surface area contributed by atoms with Gasteiger partial charge in [-0.15, -0.1) is 0 Å². The van der Waals surface area contributed by atoms with E-state index in [9.17, 15) is 9.59 Å². The zero-order chi connectivity index (χ0) is 20.1. The number of esters is 2. The van der Waals surface area contributed by atoms with Crippen molar-refractivity contribution in [3.05, 3.63) is 35.5 Å². The lowest BCUT2D eigenvalue weighted by Gasteiger charge is -2.51. The number of hydrogen-bond donors (Lipinski definition) is 1. The van der Waals surface area contributed by atoms with Gasteiger partial charge >= 0.3 is 11.9 Å². The molecule has 1 aromatic carbocycles. The topological polar surface area (TPSA) is 71.6 Å². The Labute approximate surface area is 170 Å². The Kier molecular flexibility index (Phi) is 4.62. The summed E-state index contributed by atoms with van der Waals surface area (Å²) in [4.78, 5) is 30.6. The normalized spacial score (nSPS) is 31.4. The highest BCUT2D eigenvalue weighted by Gasteiger charge is 2.51. The van der Waals surface area contributed by atoms with Crippen LogP contribution < -0.4 is 0 Å². The lowest BCUT2D eigenvalue weighted by Crippen LogP contribution is -2.54. The van der Waals surface area contributed by atoms with Crippen LogP contribution in [0.15, 0.2) is 24.3 Å². The summed E-state index contributed by atoms with van der Waals surface area (Å²) >= 11 is 0. The monoisotopic (exact) mass is 396 g/mol. The van der Waals surface area contributed by atoms with Crippen LogP contribution in [0.1, 0.15) is 43.5 Å². The van der Waals surface area contributed by atoms with Crippen LogP contribution in [-0.2, 0) is 25.5 Å². The maximum atomic E-state index is 12.7. The fourth-order valence-electron chi connectivity index (χ4n) is 6.13. The lowest BCUT2D eigenvalue weighted by molar-refractivity contribution is -0.171. The number of rotatable bonds is 2. The van der Waals surface area contributed by atoms with Crippen molar-refractivity contribution in [2.45, 2.75) is 44.8 Å². The highest BCUT2D eigenvalue weighted by molar-refractivity contribution is 5.85. The van der Waals surface area contributed by atoms with E-state index < -0.39 is 0 Å². The molecule has 1 aliphatic carbocycles. The molecule has 0 bridgehead atoms. The fraction of sp³-hybridized carbons (Fsp3) is 0.565. The Morgan fingerprint density at radius 1 is 1.21 bits per heavy atom. The molecule has 2 aromatic rings. The molecule has 6 nitrogen and oxygen atoms in total. The number of ether oxygens (including phenoxy) is 2. The summed E-state index contributed by atoms with van der Waals surface area (Å²) in [6.45, 7) is 3.46. The van der Waals surface area contributed by atoms with Gasteiger partial charge in [0.15, 0.2) is 0 Å². The molecule has 0 amide bonds. The average molecular weight is 396 g/mol. The summed E-state index contributed by atoms with van der Waals surface area (Å²) in [7, 11) is 1.43. The van der Waals surface area contributed by atoms with Gasteiger partial charge in [-0.2, -0.15) is 0 Å². The molecule has 1 saturated carbocycles. The Morgan fingerprint density at radius 2 is 2.03 bits per heavy atom. The minimum Gasteiger partial charge on any atom is -0.469 e. The third-order valence-electron chi connectivity index (χ3n) is 7.31. The maximum Gasteiger partial charge on any atom is 0.312 e. The van der Waals surface area contributed by atoms with Crippen LogP contribution in [0, 0.1) is 17.8 Å². The molecule has 3 aliphatic rings. The number of carbonyl (C=O) groups excluding carboxylic acids is 2. The van der Waals surface area contributed by atoms with Gasteiger partial charge in [-0.3, -0.25) is 14.5 Å². The highest BCUT2D eigenvalue weighted by atomic mass is 16.6. The number of hydrogen-bond acceptors (Lipinski definition) is 5. The van der Waals surface area contributed by atoms with Crippen molar-refractivity contribution in [3.63, 3.8) is 0 Å². The molecule has 1 saturated heterocycles. The molecular formula is C23H28N2O4. The predicted octanol–water partition coefficient (Wildman–Crippen LogP) is 3.22. The van der Waals surface area contributed by atoms with Crippen molar-refractivity contribution in [2.24, 2.45) is 17.8 Å². The van der Waals surface area contributed by atoms with E-state index in [2.05, 4.69) is 34.1 Å². The molecule has 154 valence electrons. The fourth-order valence-corrected chi connectivity index (χ4v) is 6.13. The standard InChI is InChI=1S/C23H28N2O4/c1-13(26)29-20-8-7-14-12-25-10-9-16-15-5-3-4-6-18(15)24-22(16)19(25)11-17(14)21(20)23(27)28-2/h3-6,14,17,19-21,24H,7-12H2,1-2H3/t14-,17-,19-,20-,21+/m0/s1. The van der Waals surface area contributed by atoms with Gasteiger partial charge in [0, 0.05) is 36.6 Å². The van der Waals surface area contributed by atoms with Crippen molar-refractivity contribution in [1.29, 1.82) is 0 Å². The maximum absolute atomic E-state index is 12.7. The van der Waals surface area contributed by atoms with E-state index in [1.165, 1.54) is 36.2 Å². The number of nitrogens with one attached hydrogen (secondary N) is 1. The summed E-state index contributed by atoms with van der Waals surface area (Å²) in [6.07, 6.45) is 3.29. The van der Waals surface area contributed by atoms with Crippen molar-refractivity contribution in [3.8, 4) is 0 Å². The van der Waals surface area contributed by atoms with Crippen molar-refractivity contribution < 1.29 is 19.1 Å². The molecule has 1 N–H and O–H groups in total. The summed E-state index contributed by atoms with van der Waals surface area (Å²) in [5.74, 6) is -0.339. The van der Waals surface area contributed by atoms with Gasteiger partial charge in [0.1, 0.15) is 6.10 Å². The SMILES string of the molecule is COC(=O)[C@@H]1[C@H]2C[C@H]3c4[nH]c5ccccc5c4CCN3C[C@@H]2CC[C@@H]1OC(C)=O. The first-order chi connectivity index (χ1) is 14.1. The number of carbonyl (C=O) groups is 2. The van der Waals surface area contributed by atoms with Crippen LogP contribution in [0.25, 0.3) is 10.9 Å². The summed E-state index contributed by atoms with van der Waals surface area (Å²) < 4.78 is 10.7. The minimum absolute atomic E-state index is 0.166. The number of aromatic amines is 1. The Balaban J connectivity index is 1.50. The lowest BCUT2D eigenvalue weighted by atomic mass is 9.64. The number of nitrogens with zero attached hydrogens (tertiary/aromatic N) is 1. The van der Waals surface area contributed by atoms with Crippen molar-refractivity contribution in [1.82, 2.24) is 9.88 Å². The largest absolute Gasteiger partial charge is 0.469 e. The van der Waals surface area contributed by atoms with Crippen LogP contribution in [-0.4, -0.2) is 48.1 Å². The molecule has 0 radical (unpaired) electrons. The van der Waals surface area contributed by atoms with Crippen LogP contribution >= 0.6 is 0 Å². The first-order valence-corrected chi connectivity index (χ1v) is 10.7. The van der Waals surface area contributed by atoms with Gasteiger partial charge in [0.05, 0.1) is 19.1 Å². The zero-order valence-corrected chi connectivity index (χ0v) is 17.0. The Bertz CT molecular complexity index is 952. The number of H-pyrrole nitrogens is 1. The second-order valence-electron chi connectivity index (χ2n) is 8.76. The van der Waals surface area contributed by atoms with Gasteiger partial charge < -0.3 is 14.5 Å². The van der Waals surface area contributed by atoms with Gasteiger partial charge in [-0.1, -0.05) is 18.2 Å². The molecule has 6 heteroatoms. The first-order valence-electron chi connectivity index (χ1n) is 10.7. The van der Waals surface area contributed by atoms with Crippen LogP contribution in [0.3, 0.4) is 0 Å². The van der Waals surface area contributed by atoms with Crippen molar-refractivity contribution >= 4 is 22.8 Å². The molecule has 0 unspecified atom stereocenters. The smallest absolute Gasteiger partial charge is 0.312 e. The van der Waals surface area contributed by atoms with E-state index in [1.54, 1.807) is 0 Å². The molecule has 2 aliphatic heterocycles. The third-order valence-corrected chi connectivity index (χ3v) is 7.31. The van der Waals surface area contributed by atoms with Gasteiger partial charge in [0.2, 0.25) is 0 Å². The Morgan fingerprint density at radius 3 is 2.83 bits per heavy atom. The van der Waals surface area contributed by atoms with E-state index >= 15 is 0 Å². The average Bonchev–Trinajstić information content (AvgIpc) is 3.10. The second kappa shape index (κ2) is 7.17. The van der Waals surface area contributed by atoms with E-state index in [1.807, 2.05) is 0 Å². The summed E-state index contributed by atoms with van der Waals surface area (Å²) in [5.41, 5.74) is 3.91. The quantitative estimate of drug-likeness (QED) is 0.789. The van der Waals surface area contributed by atoms with E-state index in [4.69, 9.17) is 9.47 Å². The number of piperidine rings is 1. The van der Waals surface area contributed by atoms with Crippen LogP contribution in [0.2, 0.25) is 0 Å². The summed E-state index contributed by atoms with van der Waals surface area (Å²) in [6, 6.07) is 8.77. The van der Waals surface area contributed by atoms with Crippen LogP contribution in [0.5, 0.6) is 0 Å². The highest BCUT2D eigenvalue weighted by Crippen LogP contribution is 2.49. The molecule has 1 aromatic heterocycles. The van der Waals surface area contributed by atoms with E-state index in [0.29, 0.717) is 5.92 Å². The molecule has 0 spiro atoms. The minimum atomic E-state index is -0.376. The predicted molar refractivity (Wildman–Crippen MR) is 108 cm³/mol. The zero-order valence-electron chi connectivity index (χ0n) is 17.0. The molecular weight excluding hydrogens is 368 g/mol. The van der Waals surface area contributed by atoms with Gasteiger partial charge in [-0.25, -0.2) is 0 Å². The number of para-hydroxylation sites is 1. The molecule has 5 rings (SSSR count). The number of methoxy groups -OCH3 is 1. The van der Waals surface area contributed by atoms with Gasteiger partial charge in [-0.05, 0) is 49.1 Å². The molecule has 5 atom stereocenters. The van der Waals surface area contributed by atoms with Crippen molar-refractivity contribution in [2.75, 3.05) is 20.2 Å². The molecule has 29 heavy (non-hydrogen) atoms. The third kappa shape index (κ3) is 3.05. The first kappa shape index (κ1) is 18.7. The number of aromatic nitrogens is 1. The van der Waals surface area contributed by atoms with E-state index in [0.717, 1.165) is 38.8 Å².